The van der Waals surface area contributed by atoms with E-state index in [2.05, 4.69) is 5.10 Å². The molecule has 2 heterocycles. The number of benzene rings is 1. The van der Waals surface area contributed by atoms with Gasteiger partial charge in [-0.2, -0.15) is 17.0 Å². The zero-order valence-corrected chi connectivity index (χ0v) is 15.8. The van der Waals surface area contributed by atoms with Crippen LogP contribution in [0.5, 0.6) is 0 Å². The molecule has 0 N–H and O–H groups in total. The van der Waals surface area contributed by atoms with Crippen molar-refractivity contribution in [2.24, 2.45) is 5.10 Å². The summed E-state index contributed by atoms with van der Waals surface area (Å²) < 4.78 is 34.3. The van der Waals surface area contributed by atoms with Gasteiger partial charge in [0, 0.05) is 27.7 Å². The smallest absolute Gasteiger partial charge is 0.281 e. The molecule has 1 aromatic carbocycles. The highest BCUT2D eigenvalue weighted by Crippen LogP contribution is 2.29. The lowest BCUT2D eigenvalue weighted by atomic mass is 10.0. The molecule has 1 saturated heterocycles. The number of hydrogen-bond acceptors (Lipinski definition) is 5. The standard InChI is InChI=1S/C17H26N4O3S/c1-19(2)25(22,23)21-12-8-7-11-15(21)17-20(3)18-16(24-17)13-14-9-5-4-6-10-14/h4-6,9-10,15,17H,7-8,11-13H2,1-3H3/t15-,17?/m0/s1. The van der Waals surface area contributed by atoms with Gasteiger partial charge in [0.2, 0.25) is 12.1 Å². The molecule has 2 atom stereocenters. The van der Waals surface area contributed by atoms with Crippen LogP contribution < -0.4 is 0 Å². The summed E-state index contributed by atoms with van der Waals surface area (Å²) in [4.78, 5) is 0. The maximum absolute atomic E-state index is 12.7. The summed E-state index contributed by atoms with van der Waals surface area (Å²) in [6, 6.07) is 9.77. The lowest BCUT2D eigenvalue weighted by Crippen LogP contribution is -2.55. The van der Waals surface area contributed by atoms with E-state index in [1.165, 1.54) is 4.31 Å². The van der Waals surface area contributed by atoms with Crippen molar-refractivity contribution < 1.29 is 13.2 Å². The first-order valence-corrected chi connectivity index (χ1v) is 9.99. The summed E-state index contributed by atoms with van der Waals surface area (Å²) in [6.07, 6.45) is 2.86. The van der Waals surface area contributed by atoms with Crippen LogP contribution in [0.3, 0.4) is 0 Å². The summed E-state index contributed by atoms with van der Waals surface area (Å²) in [5.41, 5.74) is 1.12. The number of rotatable bonds is 5. The number of nitrogens with zero attached hydrogens (tertiary/aromatic N) is 4. The lowest BCUT2D eigenvalue weighted by molar-refractivity contribution is -0.000379. The van der Waals surface area contributed by atoms with E-state index in [0.717, 1.165) is 24.8 Å². The third-order valence-corrected chi connectivity index (χ3v) is 6.65. The fourth-order valence-corrected chi connectivity index (χ4v) is 4.69. The average Bonchev–Trinajstić information content (AvgIpc) is 2.95. The van der Waals surface area contributed by atoms with Gasteiger partial charge in [0.15, 0.2) is 0 Å². The van der Waals surface area contributed by atoms with Crippen LogP contribution in [0.15, 0.2) is 35.4 Å². The molecule has 0 saturated carbocycles. The van der Waals surface area contributed by atoms with Gasteiger partial charge in [-0.3, -0.25) is 5.01 Å². The van der Waals surface area contributed by atoms with Crippen LogP contribution in [-0.4, -0.2) is 67.9 Å². The van der Waals surface area contributed by atoms with Crippen molar-refractivity contribution in [2.75, 3.05) is 27.7 Å². The van der Waals surface area contributed by atoms with E-state index >= 15 is 0 Å². The van der Waals surface area contributed by atoms with E-state index in [1.54, 1.807) is 23.4 Å². The molecule has 0 amide bonds. The summed E-state index contributed by atoms with van der Waals surface area (Å²) in [7, 11) is 1.50. The van der Waals surface area contributed by atoms with Gasteiger partial charge >= 0.3 is 0 Å². The minimum Gasteiger partial charge on any atom is -0.452 e. The minimum atomic E-state index is -3.48. The Hall–Kier alpha value is -1.64. The van der Waals surface area contributed by atoms with Crippen molar-refractivity contribution in [3.63, 3.8) is 0 Å². The SMILES string of the molecule is CN1N=C(Cc2ccccc2)OC1[C@@H]1CCCCN1S(=O)(=O)N(C)C. The van der Waals surface area contributed by atoms with Crippen LogP contribution in [0.4, 0.5) is 0 Å². The molecule has 0 aromatic heterocycles. The molecule has 2 aliphatic rings. The van der Waals surface area contributed by atoms with E-state index in [4.69, 9.17) is 4.74 Å². The Labute approximate surface area is 150 Å². The Morgan fingerprint density at radius 2 is 1.96 bits per heavy atom. The topological polar surface area (TPSA) is 65.5 Å². The molecular formula is C17H26N4O3S. The molecule has 7 nitrogen and oxygen atoms in total. The van der Waals surface area contributed by atoms with Gasteiger partial charge in [-0.1, -0.05) is 36.8 Å². The maximum Gasteiger partial charge on any atom is 0.281 e. The second-order valence-corrected chi connectivity index (χ2v) is 8.80. The van der Waals surface area contributed by atoms with Gasteiger partial charge in [0.25, 0.3) is 10.2 Å². The van der Waals surface area contributed by atoms with Crippen LogP contribution in [0.1, 0.15) is 24.8 Å². The van der Waals surface area contributed by atoms with Gasteiger partial charge < -0.3 is 4.74 Å². The van der Waals surface area contributed by atoms with Gasteiger partial charge in [-0.15, -0.1) is 5.10 Å². The number of ether oxygens (including phenoxy) is 1. The van der Waals surface area contributed by atoms with Gasteiger partial charge in [-0.25, -0.2) is 0 Å². The molecule has 1 fully saturated rings. The highest BCUT2D eigenvalue weighted by molar-refractivity contribution is 7.86. The molecule has 1 unspecified atom stereocenters. The first kappa shape index (κ1) is 18.2. The lowest BCUT2D eigenvalue weighted by Gasteiger charge is -2.39. The monoisotopic (exact) mass is 366 g/mol. The summed E-state index contributed by atoms with van der Waals surface area (Å²) in [5, 5.41) is 6.25. The first-order chi connectivity index (χ1) is 11.9. The Kier molecular flexibility index (Phi) is 5.31. The summed E-state index contributed by atoms with van der Waals surface area (Å²) in [5.74, 6) is 0.631. The summed E-state index contributed by atoms with van der Waals surface area (Å²) >= 11 is 0. The third kappa shape index (κ3) is 3.80. The molecule has 0 bridgehead atoms. The Morgan fingerprint density at radius 1 is 1.24 bits per heavy atom. The van der Waals surface area contributed by atoms with Crippen LogP contribution in [0.25, 0.3) is 0 Å². The van der Waals surface area contributed by atoms with Gasteiger partial charge in [0.1, 0.15) is 0 Å². The van der Waals surface area contributed by atoms with Crippen molar-refractivity contribution in [1.29, 1.82) is 0 Å². The minimum absolute atomic E-state index is 0.233. The predicted molar refractivity (Wildman–Crippen MR) is 97.2 cm³/mol. The third-order valence-electron chi connectivity index (χ3n) is 4.68. The quantitative estimate of drug-likeness (QED) is 0.792. The van der Waals surface area contributed by atoms with E-state index in [9.17, 15) is 8.42 Å². The van der Waals surface area contributed by atoms with Crippen LogP contribution in [0, 0.1) is 0 Å². The normalized spacial score (nSPS) is 25.1. The number of likely N-dealkylation sites (N-methyl/N-ethyl adjacent to an activating group) is 1. The van der Waals surface area contributed by atoms with Crippen molar-refractivity contribution in [3.05, 3.63) is 35.9 Å². The van der Waals surface area contributed by atoms with Gasteiger partial charge in [0.05, 0.1) is 12.5 Å². The number of hydrazone groups is 1. The fraction of sp³-hybridized carbons (Fsp3) is 0.588. The second-order valence-electron chi connectivity index (χ2n) is 6.70. The molecule has 0 radical (unpaired) electrons. The molecule has 1 aromatic rings. The zero-order valence-electron chi connectivity index (χ0n) is 15.0. The van der Waals surface area contributed by atoms with Crippen molar-refractivity contribution >= 4 is 16.1 Å². The Bertz CT molecular complexity index is 721. The molecule has 138 valence electrons. The largest absolute Gasteiger partial charge is 0.452 e. The Morgan fingerprint density at radius 3 is 2.64 bits per heavy atom. The fourth-order valence-electron chi connectivity index (χ4n) is 3.36. The molecule has 25 heavy (non-hydrogen) atoms. The number of piperidine rings is 1. The first-order valence-electron chi connectivity index (χ1n) is 8.60. The highest BCUT2D eigenvalue weighted by Gasteiger charge is 2.43. The molecular weight excluding hydrogens is 340 g/mol. The van der Waals surface area contributed by atoms with Gasteiger partial charge in [-0.05, 0) is 18.4 Å². The highest BCUT2D eigenvalue weighted by atomic mass is 32.2. The van der Waals surface area contributed by atoms with Crippen LogP contribution >= 0.6 is 0 Å². The zero-order chi connectivity index (χ0) is 18.0. The van der Waals surface area contributed by atoms with Crippen LogP contribution in [0.2, 0.25) is 0 Å². The van der Waals surface area contributed by atoms with E-state index in [0.29, 0.717) is 18.9 Å². The van der Waals surface area contributed by atoms with Crippen LogP contribution in [-0.2, 0) is 21.4 Å². The summed E-state index contributed by atoms with van der Waals surface area (Å²) in [6.45, 7) is 0.521. The molecule has 2 aliphatic heterocycles. The van der Waals surface area contributed by atoms with Crippen molar-refractivity contribution in [1.82, 2.24) is 13.6 Å². The van der Waals surface area contributed by atoms with Crippen molar-refractivity contribution in [2.45, 2.75) is 38.0 Å². The van der Waals surface area contributed by atoms with E-state index in [1.807, 2.05) is 37.4 Å². The molecule has 3 rings (SSSR count). The van der Waals surface area contributed by atoms with Crippen molar-refractivity contribution in [3.8, 4) is 0 Å². The average molecular weight is 366 g/mol. The maximum atomic E-state index is 12.7. The number of hydrogen-bond donors (Lipinski definition) is 0. The van der Waals surface area contributed by atoms with E-state index < -0.39 is 10.2 Å². The van der Waals surface area contributed by atoms with E-state index in [-0.39, 0.29) is 12.3 Å². The predicted octanol–water partition coefficient (Wildman–Crippen LogP) is 1.49. The molecule has 0 aliphatic carbocycles. The second kappa shape index (κ2) is 7.31. The Balaban J connectivity index is 1.75. The molecule has 8 heteroatoms. The molecule has 0 spiro atoms.